The molecule has 0 fully saturated rings. The standard InChI is InChI=1S/C11H13Cl/c1-4-5-10-7-11(12)9(3)6-8(10)2/h4,6-7H,1,5H2,2-3H3. The monoisotopic (exact) mass is 180 g/mol. The van der Waals surface area contributed by atoms with E-state index in [0.717, 1.165) is 17.0 Å². The molecule has 0 aliphatic carbocycles. The van der Waals surface area contributed by atoms with Gasteiger partial charge < -0.3 is 0 Å². The van der Waals surface area contributed by atoms with E-state index in [1.165, 1.54) is 11.1 Å². The van der Waals surface area contributed by atoms with Crippen LogP contribution in [-0.2, 0) is 6.42 Å². The molecule has 0 N–H and O–H groups in total. The van der Waals surface area contributed by atoms with E-state index < -0.39 is 0 Å². The van der Waals surface area contributed by atoms with Crippen LogP contribution in [0.15, 0.2) is 24.8 Å². The highest BCUT2D eigenvalue weighted by Gasteiger charge is 2.00. The maximum atomic E-state index is 5.99. The Morgan fingerprint density at radius 2 is 2.00 bits per heavy atom. The summed E-state index contributed by atoms with van der Waals surface area (Å²) in [6, 6.07) is 4.13. The summed E-state index contributed by atoms with van der Waals surface area (Å²) in [6.45, 7) is 7.83. The van der Waals surface area contributed by atoms with Crippen molar-refractivity contribution in [1.82, 2.24) is 0 Å². The Morgan fingerprint density at radius 3 is 2.58 bits per heavy atom. The molecular formula is C11H13Cl. The van der Waals surface area contributed by atoms with Crippen molar-refractivity contribution in [2.45, 2.75) is 20.3 Å². The molecule has 64 valence electrons. The largest absolute Gasteiger partial charge is 0.103 e. The fourth-order valence-electron chi connectivity index (χ4n) is 1.24. The molecule has 0 heterocycles. The van der Waals surface area contributed by atoms with Crippen molar-refractivity contribution < 1.29 is 0 Å². The van der Waals surface area contributed by atoms with Crippen molar-refractivity contribution in [1.29, 1.82) is 0 Å². The predicted molar refractivity (Wildman–Crippen MR) is 54.8 cm³/mol. The zero-order chi connectivity index (χ0) is 9.14. The molecule has 0 saturated heterocycles. The van der Waals surface area contributed by atoms with E-state index in [4.69, 9.17) is 11.6 Å². The number of benzene rings is 1. The Balaban J connectivity index is 3.13. The Morgan fingerprint density at radius 1 is 1.33 bits per heavy atom. The Kier molecular flexibility index (Phi) is 2.93. The molecule has 1 aromatic carbocycles. The summed E-state index contributed by atoms with van der Waals surface area (Å²) < 4.78 is 0. The highest BCUT2D eigenvalue weighted by molar-refractivity contribution is 6.31. The Hall–Kier alpha value is -0.750. The second kappa shape index (κ2) is 3.77. The van der Waals surface area contributed by atoms with Crippen molar-refractivity contribution in [2.24, 2.45) is 0 Å². The average molecular weight is 181 g/mol. The topological polar surface area (TPSA) is 0 Å². The summed E-state index contributed by atoms with van der Waals surface area (Å²) in [4.78, 5) is 0. The molecule has 0 aromatic heterocycles. The Bertz CT molecular complexity index is 300. The first-order chi connectivity index (χ1) is 5.65. The predicted octanol–water partition coefficient (Wildman–Crippen LogP) is 3.69. The third-order valence-electron chi connectivity index (χ3n) is 1.98. The number of aryl methyl sites for hydroxylation is 2. The van der Waals surface area contributed by atoms with Crippen molar-refractivity contribution in [3.05, 3.63) is 46.5 Å². The molecule has 0 saturated carbocycles. The normalized spacial score (nSPS) is 9.92. The first kappa shape index (κ1) is 9.34. The lowest BCUT2D eigenvalue weighted by atomic mass is 10.0. The first-order valence-electron chi connectivity index (χ1n) is 4.01. The van der Waals surface area contributed by atoms with Gasteiger partial charge in [0.05, 0.1) is 0 Å². The SMILES string of the molecule is C=CCc1cc(Cl)c(C)cc1C. The fraction of sp³-hybridized carbons (Fsp3) is 0.273. The molecule has 1 rings (SSSR count). The highest BCUT2D eigenvalue weighted by Crippen LogP contribution is 2.20. The lowest BCUT2D eigenvalue weighted by Gasteiger charge is -2.05. The van der Waals surface area contributed by atoms with E-state index in [9.17, 15) is 0 Å². The van der Waals surface area contributed by atoms with Crippen molar-refractivity contribution in [3.8, 4) is 0 Å². The van der Waals surface area contributed by atoms with Crippen molar-refractivity contribution in [3.63, 3.8) is 0 Å². The zero-order valence-corrected chi connectivity index (χ0v) is 8.28. The quantitative estimate of drug-likeness (QED) is 0.609. The minimum absolute atomic E-state index is 0.845. The molecule has 0 aliphatic heterocycles. The van der Waals surface area contributed by atoms with Gasteiger partial charge in [-0.2, -0.15) is 0 Å². The number of hydrogen-bond donors (Lipinski definition) is 0. The molecule has 1 heteroatoms. The highest BCUT2D eigenvalue weighted by atomic mass is 35.5. The van der Waals surface area contributed by atoms with Crippen LogP contribution < -0.4 is 0 Å². The fourth-order valence-corrected chi connectivity index (χ4v) is 1.43. The van der Waals surface area contributed by atoms with Crippen LogP contribution >= 0.6 is 11.6 Å². The van der Waals surface area contributed by atoms with E-state index in [0.29, 0.717) is 0 Å². The summed E-state index contributed by atoms with van der Waals surface area (Å²) in [6.07, 6.45) is 2.79. The minimum atomic E-state index is 0.845. The molecular weight excluding hydrogens is 168 g/mol. The first-order valence-corrected chi connectivity index (χ1v) is 4.39. The van der Waals surface area contributed by atoms with Gasteiger partial charge in [-0.15, -0.1) is 6.58 Å². The molecule has 0 aliphatic rings. The van der Waals surface area contributed by atoms with E-state index in [1.807, 2.05) is 19.1 Å². The van der Waals surface area contributed by atoms with Gasteiger partial charge in [0.25, 0.3) is 0 Å². The van der Waals surface area contributed by atoms with Crippen LogP contribution in [0.1, 0.15) is 16.7 Å². The van der Waals surface area contributed by atoms with Gasteiger partial charge in [0.1, 0.15) is 0 Å². The van der Waals surface area contributed by atoms with Gasteiger partial charge in [-0.3, -0.25) is 0 Å². The van der Waals surface area contributed by atoms with Crippen LogP contribution in [0.4, 0.5) is 0 Å². The summed E-state index contributed by atoms with van der Waals surface area (Å²) in [7, 11) is 0. The Labute approximate surface area is 78.9 Å². The second-order valence-corrected chi connectivity index (χ2v) is 3.43. The van der Waals surface area contributed by atoms with Crippen LogP contribution in [0, 0.1) is 13.8 Å². The molecule has 0 unspecified atom stereocenters. The van der Waals surface area contributed by atoms with Gasteiger partial charge in [0.2, 0.25) is 0 Å². The van der Waals surface area contributed by atoms with E-state index in [-0.39, 0.29) is 0 Å². The molecule has 0 spiro atoms. The summed E-state index contributed by atoms with van der Waals surface area (Å²) >= 11 is 5.99. The van der Waals surface area contributed by atoms with Crippen molar-refractivity contribution >= 4 is 11.6 Å². The van der Waals surface area contributed by atoms with Crippen LogP contribution in [0.2, 0.25) is 5.02 Å². The number of allylic oxidation sites excluding steroid dienone is 1. The molecule has 0 amide bonds. The maximum Gasteiger partial charge on any atom is 0.0438 e. The smallest absolute Gasteiger partial charge is 0.0438 e. The summed E-state index contributed by atoms with van der Waals surface area (Å²) in [5.74, 6) is 0. The molecule has 12 heavy (non-hydrogen) atoms. The zero-order valence-electron chi connectivity index (χ0n) is 7.52. The van der Waals surface area contributed by atoms with Gasteiger partial charge in [-0.05, 0) is 43.0 Å². The van der Waals surface area contributed by atoms with Gasteiger partial charge >= 0.3 is 0 Å². The van der Waals surface area contributed by atoms with E-state index in [2.05, 4.69) is 19.6 Å². The number of rotatable bonds is 2. The third kappa shape index (κ3) is 1.89. The lowest BCUT2D eigenvalue weighted by Crippen LogP contribution is -1.88. The van der Waals surface area contributed by atoms with Gasteiger partial charge in [-0.25, -0.2) is 0 Å². The van der Waals surface area contributed by atoms with Crippen LogP contribution in [-0.4, -0.2) is 0 Å². The molecule has 0 bridgehead atoms. The number of hydrogen-bond acceptors (Lipinski definition) is 0. The minimum Gasteiger partial charge on any atom is -0.103 e. The van der Waals surface area contributed by atoms with E-state index in [1.54, 1.807) is 0 Å². The average Bonchev–Trinajstić information content (AvgIpc) is 2.01. The van der Waals surface area contributed by atoms with Crippen molar-refractivity contribution in [2.75, 3.05) is 0 Å². The molecule has 0 radical (unpaired) electrons. The van der Waals surface area contributed by atoms with E-state index >= 15 is 0 Å². The lowest BCUT2D eigenvalue weighted by molar-refractivity contribution is 1.20. The summed E-state index contributed by atoms with van der Waals surface area (Å²) in [5.41, 5.74) is 3.69. The molecule has 0 atom stereocenters. The number of halogens is 1. The summed E-state index contributed by atoms with van der Waals surface area (Å²) in [5, 5.41) is 0.845. The molecule has 1 aromatic rings. The van der Waals surface area contributed by atoms with Gasteiger partial charge in [-0.1, -0.05) is 23.7 Å². The maximum absolute atomic E-state index is 5.99. The van der Waals surface area contributed by atoms with Gasteiger partial charge in [0, 0.05) is 5.02 Å². The van der Waals surface area contributed by atoms with Gasteiger partial charge in [0.15, 0.2) is 0 Å². The third-order valence-corrected chi connectivity index (χ3v) is 2.39. The molecule has 0 nitrogen and oxygen atoms in total. The van der Waals surface area contributed by atoms with Crippen LogP contribution in [0.3, 0.4) is 0 Å². The second-order valence-electron chi connectivity index (χ2n) is 3.02. The van der Waals surface area contributed by atoms with Crippen LogP contribution in [0.25, 0.3) is 0 Å². The van der Waals surface area contributed by atoms with Crippen LogP contribution in [0.5, 0.6) is 0 Å².